The van der Waals surface area contributed by atoms with Crippen LogP contribution in [0, 0.1) is 6.92 Å². The van der Waals surface area contributed by atoms with Gasteiger partial charge in [-0.25, -0.2) is 9.97 Å². The van der Waals surface area contributed by atoms with Crippen molar-refractivity contribution in [2.45, 2.75) is 25.9 Å². The number of halogens is 1. The molecule has 3 rings (SSSR count). The summed E-state index contributed by atoms with van der Waals surface area (Å²) in [7, 11) is 0. The highest BCUT2D eigenvalue weighted by Gasteiger charge is 2.15. The smallest absolute Gasteiger partial charge is 0.135 e. The van der Waals surface area contributed by atoms with Crippen LogP contribution in [0.1, 0.15) is 18.4 Å². The summed E-state index contributed by atoms with van der Waals surface area (Å²) in [6, 6.07) is 8.02. The maximum atomic E-state index is 5.60. The standard InChI is InChI=1S/C16H19BrN4O/c1-11-7-12(4-5-14(11)17)21-16-8-15(19-10-20-16)18-9-13-3-2-6-22-13/h4-5,7-8,10,13H,2-3,6,9H2,1H3,(H2,18,19,20,21). The maximum Gasteiger partial charge on any atom is 0.135 e. The summed E-state index contributed by atoms with van der Waals surface area (Å²) in [4.78, 5) is 8.51. The van der Waals surface area contributed by atoms with Gasteiger partial charge in [-0.15, -0.1) is 0 Å². The minimum Gasteiger partial charge on any atom is -0.376 e. The van der Waals surface area contributed by atoms with Crippen molar-refractivity contribution in [1.29, 1.82) is 0 Å². The van der Waals surface area contributed by atoms with Gasteiger partial charge in [0.05, 0.1) is 6.10 Å². The number of nitrogens with zero attached hydrogens (tertiary/aromatic N) is 2. The first-order chi connectivity index (χ1) is 10.7. The third-order valence-electron chi connectivity index (χ3n) is 3.63. The molecule has 0 radical (unpaired) electrons. The average molecular weight is 363 g/mol. The van der Waals surface area contributed by atoms with Crippen molar-refractivity contribution in [3.63, 3.8) is 0 Å². The lowest BCUT2D eigenvalue weighted by Crippen LogP contribution is -2.19. The third-order valence-corrected chi connectivity index (χ3v) is 4.52. The number of rotatable bonds is 5. The first-order valence-corrected chi connectivity index (χ1v) is 8.21. The van der Waals surface area contributed by atoms with Gasteiger partial charge in [0, 0.05) is 29.4 Å². The molecular formula is C16H19BrN4O. The van der Waals surface area contributed by atoms with E-state index in [1.54, 1.807) is 6.33 Å². The highest BCUT2D eigenvalue weighted by molar-refractivity contribution is 9.10. The van der Waals surface area contributed by atoms with Crippen LogP contribution in [-0.4, -0.2) is 29.2 Å². The number of hydrogen-bond acceptors (Lipinski definition) is 5. The molecular weight excluding hydrogens is 344 g/mol. The van der Waals surface area contributed by atoms with Gasteiger partial charge in [-0.05, 0) is 43.5 Å². The van der Waals surface area contributed by atoms with Crippen LogP contribution in [0.3, 0.4) is 0 Å². The Balaban J connectivity index is 1.63. The highest BCUT2D eigenvalue weighted by atomic mass is 79.9. The van der Waals surface area contributed by atoms with Crippen molar-refractivity contribution in [2.75, 3.05) is 23.8 Å². The largest absolute Gasteiger partial charge is 0.376 e. The molecule has 1 aromatic carbocycles. The van der Waals surface area contributed by atoms with Crippen molar-refractivity contribution >= 4 is 33.3 Å². The number of aromatic nitrogens is 2. The van der Waals surface area contributed by atoms with Crippen LogP contribution in [0.15, 0.2) is 35.1 Å². The zero-order valence-corrected chi connectivity index (χ0v) is 14.1. The van der Waals surface area contributed by atoms with Crippen LogP contribution < -0.4 is 10.6 Å². The molecule has 22 heavy (non-hydrogen) atoms. The van der Waals surface area contributed by atoms with Gasteiger partial charge in [0.1, 0.15) is 18.0 Å². The maximum absolute atomic E-state index is 5.60. The Kier molecular flexibility index (Phi) is 4.90. The van der Waals surface area contributed by atoms with Crippen molar-refractivity contribution in [3.05, 3.63) is 40.6 Å². The van der Waals surface area contributed by atoms with Gasteiger partial charge in [0.25, 0.3) is 0 Å². The molecule has 2 aromatic rings. The minimum atomic E-state index is 0.292. The molecule has 1 unspecified atom stereocenters. The predicted octanol–water partition coefficient (Wildman–Crippen LogP) is 3.88. The fraction of sp³-hybridized carbons (Fsp3) is 0.375. The molecule has 1 atom stereocenters. The first-order valence-electron chi connectivity index (χ1n) is 7.41. The molecule has 0 amide bonds. The fourth-order valence-electron chi connectivity index (χ4n) is 2.42. The van der Waals surface area contributed by atoms with Crippen LogP contribution in [0.5, 0.6) is 0 Å². The zero-order chi connectivity index (χ0) is 15.4. The molecule has 0 saturated carbocycles. The fourth-order valence-corrected chi connectivity index (χ4v) is 2.66. The Morgan fingerprint density at radius 1 is 1.27 bits per heavy atom. The van der Waals surface area contributed by atoms with Crippen LogP contribution in [0.25, 0.3) is 0 Å². The summed E-state index contributed by atoms with van der Waals surface area (Å²) in [6.07, 6.45) is 4.11. The molecule has 2 heterocycles. The van der Waals surface area contributed by atoms with Crippen molar-refractivity contribution in [2.24, 2.45) is 0 Å². The number of aryl methyl sites for hydroxylation is 1. The van der Waals surface area contributed by atoms with E-state index < -0.39 is 0 Å². The molecule has 0 aliphatic carbocycles. The molecule has 5 nitrogen and oxygen atoms in total. The second-order valence-electron chi connectivity index (χ2n) is 5.39. The van der Waals surface area contributed by atoms with Gasteiger partial charge in [0.15, 0.2) is 0 Å². The van der Waals surface area contributed by atoms with E-state index in [1.165, 1.54) is 5.56 Å². The molecule has 0 bridgehead atoms. The Hall–Kier alpha value is -1.66. The second kappa shape index (κ2) is 7.07. The first kappa shape index (κ1) is 15.2. The Morgan fingerprint density at radius 2 is 2.14 bits per heavy atom. The summed E-state index contributed by atoms with van der Waals surface area (Å²) in [6.45, 7) is 3.71. The molecule has 1 aromatic heterocycles. The van der Waals surface area contributed by atoms with E-state index in [0.717, 1.165) is 47.8 Å². The van der Waals surface area contributed by atoms with Gasteiger partial charge in [0.2, 0.25) is 0 Å². The van der Waals surface area contributed by atoms with E-state index in [-0.39, 0.29) is 0 Å². The summed E-state index contributed by atoms with van der Waals surface area (Å²) >= 11 is 3.50. The monoisotopic (exact) mass is 362 g/mol. The van der Waals surface area contributed by atoms with E-state index in [0.29, 0.717) is 6.10 Å². The number of benzene rings is 1. The van der Waals surface area contributed by atoms with Crippen LogP contribution in [0.2, 0.25) is 0 Å². The predicted molar refractivity (Wildman–Crippen MR) is 91.7 cm³/mol. The van der Waals surface area contributed by atoms with Gasteiger partial charge < -0.3 is 15.4 Å². The molecule has 1 saturated heterocycles. The van der Waals surface area contributed by atoms with Gasteiger partial charge >= 0.3 is 0 Å². The minimum absolute atomic E-state index is 0.292. The van der Waals surface area contributed by atoms with Crippen molar-refractivity contribution in [3.8, 4) is 0 Å². The van der Waals surface area contributed by atoms with E-state index in [4.69, 9.17) is 4.74 Å². The van der Waals surface area contributed by atoms with E-state index in [1.807, 2.05) is 18.2 Å². The van der Waals surface area contributed by atoms with E-state index in [9.17, 15) is 0 Å². The molecule has 2 N–H and O–H groups in total. The summed E-state index contributed by atoms with van der Waals surface area (Å²) < 4.78 is 6.70. The average Bonchev–Trinajstić information content (AvgIpc) is 3.03. The summed E-state index contributed by atoms with van der Waals surface area (Å²) in [5.41, 5.74) is 2.18. The van der Waals surface area contributed by atoms with Crippen LogP contribution >= 0.6 is 15.9 Å². The van der Waals surface area contributed by atoms with Crippen LogP contribution in [0.4, 0.5) is 17.3 Å². The Labute approximate surface area is 138 Å². The third kappa shape index (κ3) is 3.96. The lowest BCUT2D eigenvalue weighted by Gasteiger charge is -2.12. The molecule has 6 heteroatoms. The number of ether oxygens (including phenoxy) is 1. The Morgan fingerprint density at radius 3 is 2.91 bits per heavy atom. The quantitative estimate of drug-likeness (QED) is 0.844. The SMILES string of the molecule is Cc1cc(Nc2cc(NCC3CCCO3)ncn2)ccc1Br. The Bertz CT molecular complexity index is 644. The lowest BCUT2D eigenvalue weighted by molar-refractivity contribution is 0.120. The number of anilines is 3. The molecule has 1 fully saturated rings. The number of hydrogen-bond donors (Lipinski definition) is 2. The zero-order valence-electron chi connectivity index (χ0n) is 12.5. The van der Waals surface area contributed by atoms with Gasteiger partial charge in [-0.3, -0.25) is 0 Å². The molecule has 1 aliphatic heterocycles. The van der Waals surface area contributed by atoms with E-state index >= 15 is 0 Å². The van der Waals surface area contributed by atoms with Gasteiger partial charge in [-0.1, -0.05) is 15.9 Å². The summed E-state index contributed by atoms with van der Waals surface area (Å²) in [5, 5.41) is 6.61. The molecule has 1 aliphatic rings. The normalized spacial score (nSPS) is 17.5. The molecule has 116 valence electrons. The van der Waals surface area contributed by atoms with Crippen molar-refractivity contribution < 1.29 is 4.74 Å². The number of nitrogens with one attached hydrogen (secondary N) is 2. The topological polar surface area (TPSA) is 59.1 Å². The lowest BCUT2D eigenvalue weighted by atomic mass is 10.2. The van der Waals surface area contributed by atoms with Gasteiger partial charge in [-0.2, -0.15) is 0 Å². The highest BCUT2D eigenvalue weighted by Crippen LogP contribution is 2.23. The van der Waals surface area contributed by atoms with E-state index in [2.05, 4.69) is 49.5 Å². The van der Waals surface area contributed by atoms with Crippen LogP contribution in [-0.2, 0) is 4.74 Å². The second-order valence-corrected chi connectivity index (χ2v) is 6.25. The summed E-state index contributed by atoms with van der Waals surface area (Å²) in [5.74, 6) is 1.58. The molecule has 0 spiro atoms. The van der Waals surface area contributed by atoms with Crippen molar-refractivity contribution in [1.82, 2.24) is 9.97 Å².